The maximum absolute atomic E-state index is 12.5. The minimum atomic E-state index is -1.89. The molecule has 1 unspecified atom stereocenters. The van der Waals surface area contributed by atoms with E-state index in [-0.39, 0.29) is 5.78 Å². The summed E-state index contributed by atoms with van der Waals surface area (Å²) in [6, 6.07) is 24.3. The molecule has 108 valence electrons. The van der Waals surface area contributed by atoms with E-state index in [2.05, 4.69) is 0 Å². The second kappa shape index (κ2) is 6.37. The molecule has 3 rings (SSSR count). The van der Waals surface area contributed by atoms with Crippen LogP contribution in [0.25, 0.3) is 0 Å². The Morgan fingerprint density at radius 1 is 0.773 bits per heavy atom. The predicted molar refractivity (Wildman–Crippen MR) is 86.8 cm³/mol. The van der Waals surface area contributed by atoms with Crippen molar-refractivity contribution in [1.82, 2.24) is 0 Å². The van der Waals surface area contributed by atoms with E-state index in [4.69, 9.17) is 1.37 Å². The highest BCUT2D eigenvalue weighted by molar-refractivity contribution is 6.09. The fraction of sp³-hybridized carbons (Fsp3) is 0.0500. The molecule has 3 aromatic rings. The molecule has 1 atom stereocenters. The van der Waals surface area contributed by atoms with Crippen molar-refractivity contribution < 1.29 is 11.3 Å². The first-order chi connectivity index (χ1) is 11.1. The van der Waals surface area contributed by atoms with Gasteiger partial charge in [-0.25, -0.2) is 0 Å². The van der Waals surface area contributed by atoms with Crippen LogP contribution in [-0.4, -0.2) is 10.9 Å². The first-order valence-electron chi connectivity index (χ1n) is 7.57. The normalized spacial score (nSPS) is 14.0. The zero-order valence-electron chi connectivity index (χ0n) is 12.9. The fourth-order valence-electron chi connectivity index (χ4n) is 2.33. The van der Waals surface area contributed by atoms with Crippen molar-refractivity contribution >= 4 is 5.78 Å². The molecule has 0 aliphatic heterocycles. The summed E-state index contributed by atoms with van der Waals surface area (Å²) in [7, 11) is 0. The lowest BCUT2D eigenvalue weighted by Crippen LogP contribution is -2.04. The Morgan fingerprint density at radius 3 is 2.00 bits per heavy atom. The number of ketones is 1. The number of hydrogen-bond donors (Lipinski definition) is 1. The van der Waals surface area contributed by atoms with E-state index in [1.807, 2.05) is 24.3 Å². The van der Waals surface area contributed by atoms with Crippen molar-refractivity contribution in [2.75, 3.05) is 0 Å². The zero-order valence-corrected chi connectivity index (χ0v) is 11.9. The average Bonchev–Trinajstić information content (AvgIpc) is 2.62. The Balaban J connectivity index is 1.99. The fourth-order valence-corrected chi connectivity index (χ4v) is 2.33. The van der Waals surface area contributed by atoms with Crippen LogP contribution in [0.4, 0.5) is 0 Å². The lowest BCUT2D eigenvalue weighted by Gasteiger charge is -2.12. The minimum Gasteiger partial charge on any atom is -0.384 e. The van der Waals surface area contributed by atoms with Gasteiger partial charge in [0.05, 0.1) is 1.37 Å². The van der Waals surface area contributed by atoms with Crippen molar-refractivity contribution in [3.05, 3.63) is 107 Å². The van der Waals surface area contributed by atoms with Crippen LogP contribution in [0.1, 0.15) is 34.5 Å². The maximum Gasteiger partial charge on any atom is 0.193 e. The first-order valence-corrected chi connectivity index (χ1v) is 7.07. The van der Waals surface area contributed by atoms with Gasteiger partial charge in [0.15, 0.2) is 5.78 Å². The molecule has 0 spiro atoms. The number of carbonyl (C=O) groups is 1. The molecule has 22 heavy (non-hydrogen) atoms. The van der Waals surface area contributed by atoms with E-state index in [1.165, 1.54) is 0 Å². The highest BCUT2D eigenvalue weighted by atomic mass is 16.3. The predicted octanol–water partition coefficient (Wildman–Crippen LogP) is 4.00. The third-order valence-corrected chi connectivity index (χ3v) is 3.48. The zero-order chi connectivity index (χ0) is 16.3. The molecular weight excluding hydrogens is 272 g/mol. The van der Waals surface area contributed by atoms with Crippen molar-refractivity contribution in [3.63, 3.8) is 0 Å². The Hall–Kier alpha value is -2.71. The monoisotopic (exact) mass is 289 g/mol. The second-order valence-corrected chi connectivity index (χ2v) is 4.99. The molecule has 0 aromatic heterocycles. The summed E-state index contributed by atoms with van der Waals surface area (Å²) < 4.78 is 8.29. The Labute approximate surface area is 131 Å². The van der Waals surface area contributed by atoms with E-state index in [9.17, 15) is 9.90 Å². The molecule has 0 heterocycles. The van der Waals surface area contributed by atoms with E-state index in [0.717, 1.165) is 0 Å². The highest BCUT2D eigenvalue weighted by Gasteiger charge is 2.13. The number of rotatable bonds is 4. The van der Waals surface area contributed by atoms with Gasteiger partial charge in [-0.1, -0.05) is 78.9 Å². The van der Waals surface area contributed by atoms with Gasteiger partial charge in [-0.3, -0.25) is 4.79 Å². The van der Waals surface area contributed by atoms with Gasteiger partial charge in [-0.05, 0) is 17.2 Å². The van der Waals surface area contributed by atoms with Gasteiger partial charge < -0.3 is 5.11 Å². The van der Waals surface area contributed by atoms with Gasteiger partial charge >= 0.3 is 0 Å². The molecule has 0 amide bonds. The van der Waals surface area contributed by atoms with E-state index >= 15 is 0 Å². The smallest absolute Gasteiger partial charge is 0.193 e. The third kappa shape index (κ3) is 2.97. The summed E-state index contributed by atoms with van der Waals surface area (Å²) in [5, 5.41) is 10.6. The van der Waals surface area contributed by atoms with Gasteiger partial charge in [0, 0.05) is 11.1 Å². The van der Waals surface area contributed by atoms with Crippen molar-refractivity contribution in [2.45, 2.75) is 6.08 Å². The van der Waals surface area contributed by atoms with Crippen LogP contribution in [0.15, 0.2) is 84.9 Å². The SMILES string of the molecule is [2H]C(O)(c1ccccc1)c1cccc(C(=O)c2ccccc2)c1. The number of hydrogen-bond acceptors (Lipinski definition) is 2. The van der Waals surface area contributed by atoms with Crippen LogP contribution in [0.2, 0.25) is 0 Å². The van der Waals surface area contributed by atoms with Crippen molar-refractivity contribution in [2.24, 2.45) is 0 Å². The first kappa shape index (κ1) is 13.0. The Kier molecular flexibility index (Phi) is 3.76. The molecule has 2 heteroatoms. The summed E-state index contributed by atoms with van der Waals surface area (Å²) in [5.41, 5.74) is 1.86. The highest BCUT2D eigenvalue weighted by Crippen LogP contribution is 2.23. The maximum atomic E-state index is 12.5. The van der Waals surface area contributed by atoms with Crippen LogP contribution in [0.5, 0.6) is 0 Å². The molecule has 2 nitrogen and oxygen atoms in total. The molecular formula is C20H16O2. The molecule has 0 saturated heterocycles. The van der Waals surface area contributed by atoms with Gasteiger partial charge in [0.25, 0.3) is 0 Å². The van der Waals surface area contributed by atoms with Gasteiger partial charge in [0.2, 0.25) is 0 Å². The molecule has 3 aromatic carbocycles. The van der Waals surface area contributed by atoms with Crippen LogP contribution in [0, 0.1) is 0 Å². The number of aliphatic hydroxyl groups is 1. The molecule has 0 fully saturated rings. The second-order valence-electron chi connectivity index (χ2n) is 4.99. The summed E-state index contributed by atoms with van der Waals surface area (Å²) in [6.45, 7) is 0. The summed E-state index contributed by atoms with van der Waals surface area (Å²) >= 11 is 0. The minimum absolute atomic E-state index is 0.128. The molecule has 0 aliphatic carbocycles. The van der Waals surface area contributed by atoms with Crippen LogP contribution >= 0.6 is 0 Å². The topological polar surface area (TPSA) is 37.3 Å². The van der Waals surface area contributed by atoms with Crippen molar-refractivity contribution in [3.8, 4) is 0 Å². The van der Waals surface area contributed by atoms with E-state index in [0.29, 0.717) is 22.3 Å². The summed E-state index contributed by atoms with van der Waals surface area (Å²) in [4.78, 5) is 12.5. The summed E-state index contributed by atoms with van der Waals surface area (Å²) in [6.07, 6.45) is -1.89. The largest absolute Gasteiger partial charge is 0.384 e. The van der Waals surface area contributed by atoms with Gasteiger partial charge in [-0.2, -0.15) is 0 Å². The average molecular weight is 289 g/mol. The number of benzene rings is 3. The quantitative estimate of drug-likeness (QED) is 0.737. The summed E-state index contributed by atoms with van der Waals surface area (Å²) in [5.74, 6) is -0.128. The number of carbonyl (C=O) groups excluding carboxylic acids is 1. The molecule has 1 N–H and O–H groups in total. The van der Waals surface area contributed by atoms with Gasteiger partial charge in [-0.15, -0.1) is 0 Å². The molecule has 0 radical (unpaired) electrons. The molecule has 0 bridgehead atoms. The third-order valence-electron chi connectivity index (χ3n) is 3.48. The van der Waals surface area contributed by atoms with Gasteiger partial charge in [0.1, 0.15) is 6.08 Å². The molecule has 0 saturated carbocycles. The Morgan fingerprint density at radius 2 is 1.32 bits per heavy atom. The molecule has 0 aliphatic rings. The van der Waals surface area contributed by atoms with Crippen LogP contribution in [-0.2, 0) is 0 Å². The van der Waals surface area contributed by atoms with Crippen molar-refractivity contribution in [1.29, 1.82) is 0 Å². The van der Waals surface area contributed by atoms with Crippen LogP contribution in [0.3, 0.4) is 0 Å². The van der Waals surface area contributed by atoms with E-state index in [1.54, 1.807) is 60.7 Å². The van der Waals surface area contributed by atoms with Crippen LogP contribution < -0.4 is 0 Å². The standard InChI is InChI=1S/C20H16O2/c21-19(15-8-3-1-4-9-15)17-12-7-13-18(14-17)20(22)16-10-5-2-6-11-16/h1-14,19,21H/i19D. The van der Waals surface area contributed by atoms with E-state index < -0.39 is 6.08 Å². The lowest BCUT2D eigenvalue weighted by molar-refractivity contribution is 0.103. The lowest BCUT2D eigenvalue weighted by atomic mass is 9.96. The Bertz CT molecular complexity index is 811.